The van der Waals surface area contributed by atoms with Crippen molar-refractivity contribution in [2.24, 2.45) is 0 Å². The molecule has 15 heavy (non-hydrogen) atoms. The number of hydrogen-bond acceptors (Lipinski definition) is 4. The highest BCUT2D eigenvalue weighted by Crippen LogP contribution is 2.23. The second-order valence-corrected chi connectivity index (χ2v) is 3.36. The minimum absolute atomic E-state index is 0.886. The number of fused-ring (bicyclic) bond motifs is 1. The van der Waals surface area contributed by atoms with Crippen molar-refractivity contribution >= 4 is 11.5 Å². The lowest BCUT2D eigenvalue weighted by atomic mass is 10.3. The SMILES string of the molecule is c1cc(N2NCCn3nccc32)ccn1. The Morgan fingerprint density at radius 1 is 1.13 bits per heavy atom. The first-order valence-electron chi connectivity index (χ1n) is 4.90. The van der Waals surface area contributed by atoms with Crippen molar-refractivity contribution in [1.82, 2.24) is 20.2 Å². The lowest BCUT2D eigenvalue weighted by molar-refractivity contribution is 0.507. The van der Waals surface area contributed by atoms with Gasteiger partial charge in [-0.05, 0) is 12.1 Å². The lowest BCUT2D eigenvalue weighted by Gasteiger charge is -2.29. The van der Waals surface area contributed by atoms with Gasteiger partial charge in [0.05, 0.1) is 18.4 Å². The summed E-state index contributed by atoms with van der Waals surface area (Å²) in [5.41, 5.74) is 4.40. The Bertz CT molecular complexity index is 450. The van der Waals surface area contributed by atoms with Gasteiger partial charge in [-0.2, -0.15) is 5.10 Å². The smallest absolute Gasteiger partial charge is 0.145 e. The molecule has 0 saturated carbocycles. The second-order valence-electron chi connectivity index (χ2n) is 3.36. The summed E-state index contributed by atoms with van der Waals surface area (Å²) in [5.74, 6) is 1.06. The van der Waals surface area contributed by atoms with Crippen LogP contribution < -0.4 is 10.4 Å². The van der Waals surface area contributed by atoms with Crippen molar-refractivity contribution in [2.45, 2.75) is 6.54 Å². The monoisotopic (exact) mass is 201 g/mol. The van der Waals surface area contributed by atoms with E-state index in [-0.39, 0.29) is 0 Å². The Hall–Kier alpha value is -1.88. The summed E-state index contributed by atoms with van der Waals surface area (Å²) in [6.45, 7) is 1.79. The normalized spacial score (nSPS) is 15.1. The van der Waals surface area contributed by atoms with E-state index in [1.165, 1.54) is 0 Å². The van der Waals surface area contributed by atoms with Crippen molar-refractivity contribution in [3.63, 3.8) is 0 Å². The predicted molar refractivity (Wildman–Crippen MR) is 56.6 cm³/mol. The van der Waals surface area contributed by atoms with Crippen LogP contribution in [0, 0.1) is 0 Å². The fraction of sp³-hybridized carbons (Fsp3) is 0.200. The van der Waals surface area contributed by atoms with Crippen molar-refractivity contribution in [3.8, 4) is 0 Å². The van der Waals surface area contributed by atoms with Gasteiger partial charge in [-0.1, -0.05) is 0 Å². The van der Waals surface area contributed by atoms with Crippen LogP contribution >= 0.6 is 0 Å². The number of rotatable bonds is 1. The first-order chi connectivity index (χ1) is 7.45. The molecule has 1 aliphatic rings. The molecule has 3 heterocycles. The molecule has 0 aromatic carbocycles. The highest BCUT2D eigenvalue weighted by atomic mass is 15.6. The van der Waals surface area contributed by atoms with E-state index in [1.54, 1.807) is 12.4 Å². The van der Waals surface area contributed by atoms with E-state index in [9.17, 15) is 0 Å². The molecule has 0 fully saturated rings. The molecule has 1 N–H and O–H groups in total. The molecule has 5 nitrogen and oxygen atoms in total. The van der Waals surface area contributed by atoms with E-state index in [1.807, 2.05) is 34.1 Å². The topological polar surface area (TPSA) is 46.0 Å². The Morgan fingerprint density at radius 2 is 2.00 bits per heavy atom. The van der Waals surface area contributed by atoms with Crippen molar-refractivity contribution in [1.29, 1.82) is 0 Å². The number of hydrazine groups is 1. The van der Waals surface area contributed by atoms with Gasteiger partial charge < -0.3 is 0 Å². The third-order valence-corrected chi connectivity index (χ3v) is 2.44. The van der Waals surface area contributed by atoms with Gasteiger partial charge in [-0.25, -0.2) is 10.1 Å². The van der Waals surface area contributed by atoms with Crippen LogP contribution in [0.1, 0.15) is 0 Å². The zero-order valence-corrected chi connectivity index (χ0v) is 8.17. The second kappa shape index (κ2) is 3.36. The molecule has 0 amide bonds. The molecule has 2 aromatic rings. The number of nitrogens with one attached hydrogen (secondary N) is 1. The molecular weight excluding hydrogens is 190 g/mol. The van der Waals surface area contributed by atoms with Gasteiger partial charge in [-0.15, -0.1) is 0 Å². The fourth-order valence-electron chi connectivity index (χ4n) is 1.75. The first kappa shape index (κ1) is 8.43. The summed E-state index contributed by atoms with van der Waals surface area (Å²) in [4.78, 5) is 4.01. The van der Waals surface area contributed by atoms with Crippen LogP contribution in [0.4, 0.5) is 11.5 Å². The van der Waals surface area contributed by atoms with Gasteiger partial charge in [0.2, 0.25) is 0 Å². The van der Waals surface area contributed by atoms with E-state index in [2.05, 4.69) is 15.5 Å². The van der Waals surface area contributed by atoms with Gasteiger partial charge in [-0.3, -0.25) is 9.99 Å². The van der Waals surface area contributed by atoms with Gasteiger partial charge in [0.15, 0.2) is 0 Å². The highest BCUT2D eigenvalue weighted by molar-refractivity contribution is 5.58. The number of anilines is 2. The van der Waals surface area contributed by atoms with Crippen molar-refractivity contribution < 1.29 is 0 Å². The van der Waals surface area contributed by atoms with Crippen LogP contribution in [-0.2, 0) is 6.54 Å². The minimum Gasteiger partial charge on any atom is -0.265 e. The molecule has 0 bridgehead atoms. The van der Waals surface area contributed by atoms with Crippen LogP contribution in [0.25, 0.3) is 0 Å². The summed E-state index contributed by atoms with van der Waals surface area (Å²) >= 11 is 0. The molecule has 1 aliphatic heterocycles. The fourth-order valence-corrected chi connectivity index (χ4v) is 1.75. The van der Waals surface area contributed by atoms with Crippen LogP contribution in [0.15, 0.2) is 36.8 Å². The predicted octanol–water partition coefficient (Wildman–Crippen LogP) is 0.934. The standard InChI is InChI=1S/C10H11N5/c1-4-11-5-2-9(1)15-10-3-6-12-14(10)8-7-13-15/h1-6,13H,7-8H2. The molecule has 76 valence electrons. The van der Waals surface area contributed by atoms with Gasteiger partial charge >= 0.3 is 0 Å². The van der Waals surface area contributed by atoms with Crippen LogP contribution in [0.2, 0.25) is 0 Å². The quantitative estimate of drug-likeness (QED) is 0.745. The third-order valence-electron chi connectivity index (χ3n) is 2.44. The molecule has 2 aromatic heterocycles. The Balaban J connectivity index is 2.03. The summed E-state index contributed by atoms with van der Waals surface area (Å²) in [5, 5.41) is 6.28. The number of nitrogens with zero attached hydrogens (tertiary/aromatic N) is 4. The maximum Gasteiger partial charge on any atom is 0.145 e. The van der Waals surface area contributed by atoms with Crippen molar-refractivity contribution in [3.05, 3.63) is 36.8 Å². The maximum absolute atomic E-state index is 4.25. The van der Waals surface area contributed by atoms with Gasteiger partial charge in [0, 0.05) is 25.0 Å². The molecule has 5 heteroatoms. The van der Waals surface area contributed by atoms with E-state index < -0.39 is 0 Å². The summed E-state index contributed by atoms with van der Waals surface area (Å²) in [6.07, 6.45) is 5.38. The van der Waals surface area contributed by atoms with E-state index >= 15 is 0 Å². The highest BCUT2D eigenvalue weighted by Gasteiger charge is 2.17. The Labute approximate surface area is 87.3 Å². The molecule has 0 atom stereocenters. The Morgan fingerprint density at radius 3 is 2.87 bits per heavy atom. The van der Waals surface area contributed by atoms with Gasteiger partial charge in [0.25, 0.3) is 0 Å². The van der Waals surface area contributed by atoms with Crippen molar-refractivity contribution in [2.75, 3.05) is 11.6 Å². The zero-order chi connectivity index (χ0) is 10.1. The summed E-state index contributed by atoms with van der Waals surface area (Å²) in [7, 11) is 0. The summed E-state index contributed by atoms with van der Waals surface area (Å²) in [6, 6.07) is 5.93. The minimum atomic E-state index is 0.886. The van der Waals surface area contributed by atoms with Crippen LogP contribution in [-0.4, -0.2) is 21.3 Å². The Kier molecular flexibility index (Phi) is 1.89. The van der Waals surface area contributed by atoms with E-state index in [0.717, 1.165) is 24.6 Å². The molecule has 0 aliphatic carbocycles. The average molecular weight is 201 g/mol. The third kappa shape index (κ3) is 1.37. The number of pyridine rings is 1. The molecular formula is C10H11N5. The number of hydrogen-bond donors (Lipinski definition) is 1. The molecule has 0 unspecified atom stereocenters. The first-order valence-corrected chi connectivity index (χ1v) is 4.90. The molecule has 0 saturated heterocycles. The molecule has 3 rings (SSSR count). The summed E-state index contributed by atoms with van der Waals surface area (Å²) < 4.78 is 1.98. The largest absolute Gasteiger partial charge is 0.265 e. The number of aromatic nitrogens is 3. The average Bonchev–Trinajstić information content (AvgIpc) is 2.78. The van der Waals surface area contributed by atoms with Crippen LogP contribution in [0.5, 0.6) is 0 Å². The maximum atomic E-state index is 4.25. The molecule has 0 spiro atoms. The zero-order valence-electron chi connectivity index (χ0n) is 8.17. The van der Waals surface area contributed by atoms with Crippen LogP contribution in [0.3, 0.4) is 0 Å². The lowest BCUT2D eigenvalue weighted by Crippen LogP contribution is -2.42. The molecule has 0 radical (unpaired) electrons. The van der Waals surface area contributed by atoms with E-state index in [0.29, 0.717) is 0 Å². The van der Waals surface area contributed by atoms with E-state index in [4.69, 9.17) is 0 Å². The van der Waals surface area contributed by atoms with Gasteiger partial charge in [0.1, 0.15) is 5.82 Å².